The second kappa shape index (κ2) is 5.55. The molecule has 0 saturated carbocycles. The summed E-state index contributed by atoms with van der Waals surface area (Å²) in [5.74, 6) is 0. The van der Waals surface area contributed by atoms with Gasteiger partial charge >= 0.3 is 0 Å². The van der Waals surface area contributed by atoms with Crippen LogP contribution in [0, 0.1) is 0 Å². The van der Waals surface area contributed by atoms with Crippen LogP contribution in [0.2, 0.25) is 0 Å². The Bertz CT molecular complexity index is 251. The quantitative estimate of drug-likeness (QED) is 0.699. The van der Waals surface area contributed by atoms with Crippen LogP contribution in [0.15, 0.2) is 42.5 Å². The fourth-order valence-corrected chi connectivity index (χ4v) is 1.22. The van der Waals surface area contributed by atoms with E-state index in [1.54, 1.807) is 0 Å². The van der Waals surface area contributed by atoms with Crippen LogP contribution in [0.25, 0.3) is 0 Å². The predicted molar refractivity (Wildman–Crippen MR) is 55.6 cm³/mol. The summed E-state index contributed by atoms with van der Waals surface area (Å²) in [6.07, 6.45) is 5.19. The molecule has 1 aromatic rings. The van der Waals surface area contributed by atoms with Crippen LogP contribution in [0.3, 0.4) is 0 Å². The first kappa shape index (κ1) is 10.0. The van der Waals surface area contributed by atoms with Gasteiger partial charge in [-0.25, -0.2) is 0 Å². The lowest BCUT2D eigenvalue weighted by Gasteiger charge is -2.04. The van der Waals surface area contributed by atoms with Crippen LogP contribution in [0.4, 0.5) is 0 Å². The second-order valence-electron chi connectivity index (χ2n) is 3.09. The van der Waals surface area contributed by atoms with Crippen LogP contribution in [0.1, 0.15) is 18.9 Å². The molecule has 0 fully saturated rings. The molecule has 0 heterocycles. The van der Waals surface area contributed by atoms with Crippen molar-refractivity contribution in [1.82, 2.24) is 0 Å². The van der Waals surface area contributed by atoms with Gasteiger partial charge in [-0.2, -0.15) is 0 Å². The van der Waals surface area contributed by atoms with E-state index in [0.717, 1.165) is 6.42 Å². The van der Waals surface area contributed by atoms with E-state index in [4.69, 9.17) is 0 Å². The van der Waals surface area contributed by atoms with Crippen molar-refractivity contribution in [2.45, 2.75) is 25.9 Å². The van der Waals surface area contributed by atoms with Crippen LogP contribution < -0.4 is 0 Å². The number of rotatable bonds is 4. The Kier molecular flexibility index (Phi) is 4.27. The Morgan fingerprint density at radius 1 is 1.31 bits per heavy atom. The lowest BCUT2D eigenvalue weighted by Crippen LogP contribution is -2.05. The van der Waals surface area contributed by atoms with Gasteiger partial charge in [0.15, 0.2) is 0 Å². The van der Waals surface area contributed by atoms with E-state index in [1.165, 1.54) is 5.56 Å². The summed E-state index contributed by atoms with van der Waals surface area (Å²) >= 11 is 0. The largest absolute Gasteiger partial charge is 0.389 e. The van der Waals surface area contributed by atoms with Gasteiger partial charge in [0, 0.05) is 6.42 Å². The fourth-order valence-electron chi connectivity index (χ4n) is 1.22. The predicted octanol–water partition coefficient (Wildman–Crippen LogP) is 2.56. The summed E-state index contributed by atoms with van der Waals surface area (Å²) in [7, 11) is 0. The van der Waals surface area contributed by atoms with Crippen LogP contribution in [0.5, 0.6) is 0 Å². The Labute approximate surface area is 79.7 Å². The standard InChI is InChI=1S/C12H16O/c1-2-3-9-12(13)10-11-7-5-4-6-8-11/h3-9,12-13H,2,10H2,1H3/b9-3+/t12-/m0/s1. The summed E-state index contributed by atoms with van der Waals surface area (Å²) in [6, 6.07) is 10.0. The number of hydrogen-bond donors (Lipinski definition) is 1. The smallest absolute Gasteiger partial charge is 0.0761 e. The zero-order valence-electron chi connectivity index (χ0n) is 7.98. The molecule has 0 aliphatic carbocycles. The summed E-state index contributed by atoms with van der Waals surface area (Å²) in [6.45, 7) is 2.06. The Hall–Kier alpha value is -1.08. The Morgan fingerprint density at radius 2 is 2.00 bits per heavy atom. The molecule has 0 aliphatic heterocycles. The first-order valence-electron chi connectivity index (χ1n) is 4.71. The molecule has 1 atom stereocenters. The summed E-state index contributed by atoms with van der Waals surface area (Å²) in [5.41, 5.74) is 1.18. The monoisotopic (exact) mass is 176 g/mol. The minimum absolute atomic E-state index is 0.345. The van der Waals surface area contributed by atoms with E-state index < -0.39 is 0 Å². The minimum atomic E-state index is -0.345. The van der Waals surface area contributed by atoms with Gasteiger partial charge in [-0.15, -0.1) is 0 Å². The normalized spacial score (nSPS) is 13.4. The van der Waals surface area contributed by atoms with Crippen molar-refractivity contribution in [3.63, 3.8) is 0 Å². The highest BCUT2D eigenvalue weighted by molar-refractivity contribution is 5.16. The van der Waals surface area contributed by atoms with Gasteiger partial charge in [0.2, 0.25) is 0 Å². The van der Waals surface area contributed by atoms with E-state index in [1.807, 2.05) is 42.5 Å². The second-order valence-corrected chi connectivity index (χ2v) is 3.09. The number of aliphatic hydroxyl groups excluding tert-OH is 1. The maximum absolute atomic E-state index is 9.55. The molecule has 0 radical (unpaired) electrons. The van der Waals surface area contributed by atoms with Crippen LogP contribution >= 0.6 is 0 Å². The third-order valence-electron chi connectivity index (χ3n) is 1.88. The maximum Gasteiger partial charge on any atom is 0.0761 e. The molecule has 1 N–H and O–H groups in total. The van der Waals surface area contributed by atoms with E-state index in [2.05, 4.69) is 6.92 Å². The molecule has 0 saturated heterocycles. The van der Waals surface area contributed by atoms with Crippen molar-refractivity contribution in [2.75, 3.05) is 0 Å². The Morgan fingerprint density at radius 3 is 2.62 bits per heavy atom. The van der Waals surface area contributed by atoms with Crippen molar-refractivity contribution < 1.29 is 5.11 Å². The highest BCUT2D eigenvalue weighted by Crippen LogP contribution is 2.03. The zero-order valence-corrected chi connectivity index (χ0v) is 7.98. The van der Waals surface area contributed by atoms with Gasteiger partial charge < -0.3 is 5.11 Å². The van der Waals surface area contributed by atoms with Gasteiger partial charge in [0.1, 0.15) is 0 Å². The van der Waals surface area contributed by atoms with Crippen molar-refractivity contribution in [1.29, 1.82) is 0 Å². The molecule has 1 nitrogen and oxygen atoms in total. The average Bonchev–Trinajstić information content (AvgIpc) is 2.16. The average molecular weight is 176 g/mol. The number of aliphatic hydroxyl groups is 1. The first-order chi connectivity index (χ1) is 6.33. The van der Waals surface area contributed by atoms with Crippen LogP contribution in [-0.2, 0) is 6.42 Å². The summed E-state index contributed by atoms with van der Waals surface area (Å²) in [4.78, 5) is 0. The zero-order chi connectivity index (χ0) is 9.52. The molecule has 0 aliphatic rings. The first-order valence-corrected chi connectivity index (χ1v) is 4.71. The van der Waals surface area contributed by atoms with E-state index in [0.29, 0.717) is 6.42 Å². The van der Waals surface area contributed by atoms with Crippen molar-refractivity contribution >= 4 is 0 Å². The number of benzene rings is 1. The Balaban J connectivity index is 2.45. The summed E-state index contributed by atoms with van der Waals surface area (Å²) < 4.78 is 0. The van der Waals surface area contributed by atoms with E-state index >= 15 is 0 Å². The van der Waals surface area contributed by atoms with Crippen molar-refractivity contribution in [3.8, 4) is 0 Å². The van der Waals surface area contributed by atoms with Crippen molar-refractivity contribution in [2.24, 2.45) is 0 Å². The van der Waals surface area contributed by atoms with Gasteiger partial charge in [-0.05, 0) is 12.0 Å². The van der Waals surface area contributed by atoms with Crippen LogP contribution in [-0.4, -0.2) is 11.2 Å². The highest BCUT2D eigenvalue weighted by atomic mass is 16.3. The molecule has 13 heavy (non-hydrogen) atoms. The van der Waals surface area contributed by atoms with E-state index in [-0.39, 0.29) is 6.10 Å². The topological polar surface area (TPSA) is 20.2 Å². The highest BCUT2D eigenvalue weighted by Gasteiger charge is 1.99. The van der Waals surface area contributed by atoms with Gasteiger partial charge in [-0.3, -0.25) is 0 Å². The lowest BCUT2D eigenvalue weighted by molar-refractivity contribution is 0.223. The van der Waals surface area contributed by atoms with E-state index in [9.17, 15) is 5.11 Å². The third-order valence-corrected chi connectivity index (χ3v) is 1.88. The van der Waals surface area contributed by atoms with Crippen molar-refractivity contribution in [3.05, 3.63) is 48.0 Å². The molecule has 0 amide bonds. The number of allylic oxidation sites excluding steroid dienone is 1. The SMILES string of the molecule is CC/C=C/[C@H](O)Cc1ccccc1. The molecule has 1 aromatic carbocycles. The van der Waals surface area contributed by atoms with Gasteiger partial charge in [0.25, 0.3) is 0 Å². The third kappa shape index (κ3) is 3.90. The molecule has 1 rings (SSSR count). The van der Waals surface area contributed by atoms with Gasteiger partial charge in [-0.1, -0.05) is 49.4 Å². The van der Waals surface area contributed by atoms with Gasteiger partial charge in [0.05, 0.1) is 6.10 Å². The summed E-state index contributed by atoms with van der Waals surface area (Å²) in [5, 5.41) is 9.55. The minimum Gasteiger partial charge on any atom is -0.389 e. The fraction of sp³-hybridized carbons (Fsp3) is 0.333. The molecule has 0 bridgehead atoms. The lowest BCUT2D eigenvalue weighted by atomic mass is 10.1. The molecule has 0 aromatic heterocycles. The molecular weight excluding hydrogens is 160 g/mol. The molecule has 70 valence electrons. The maximum atomic E-state index is 9.55. The molecular formula is C12H16O. The molecule has 0 spiro atoms. The molecule has 0 unspecified atom stereocenters. The molecule has 1 heteroatoms. The number of hydrogen-bond acceptors (Lipinski definition) is 1.